The van der Waals surface area contributed by atoms with Crippen molar-refractivity contribution in [1.29, 1.82) is 0 Å². The zero-order chi connectivity index (χ0) is 13.8. The average molecular weight is 248 g/mol. The molecule has 0 heterocycles. The summed E-state index contributed by atoms with van der Waals surface area (Å²) in [4.78, 5) is 22.2. The molecule has 1 amide bonds. The Morgan fingerprint density at radius 2 is 1.89 bits per heavy atom. The van der Waals surface area contributed by atoms with E-state index in [-0.39, 0.29) is 23.9 Å². The summed E-state index contributed by atoms with van der Waals surface area (Å²) in [5, 5.41) is 2.87. The molecule has 0 aliphatic carbocycles. The molecule has 0 spiro atoms. The number of amides is 1. The molecule has 0 aromatic heterocycles. The second-order valence-corrected chi connectivity index (χ2v) is 5.39. The molecule has 1 unspecified atom stereocenters. The first kappa shape index (κ1) is 14.4. The smallest absolute Gasteiger partial charge is 0.222 e. The number of carbonyl (C=O) groups excluding carboxylic acids is 2. The number of nitrogens with one attached hydrogen (secondary N) is 1. The lowest BCUT2D eigenvalue weighted by Gasteiger charge is -2.22. The van der Waals surface area contributed by atoms with Crippen LogP contribution >= 0.6 is 0 Å². The summed E-state index contributed by atoms with van der Waals surface area (Å²) in [5.74, 6) is -0.0746. The topological polar surface area (TPSA) is 72.2 Å². The summed E-state index contributed by atoms with van der Waals surface area (Å²) in [5.41, 5.74) is 7.16. The first-order chi connectivity index (χ1) is 8.31. The van der Waals surface area contributed by atoms with Gasteiger partial charge in [-0.3, -0.25) is 9.59 Å². The van der Waals surface area contributed by atoms with Crippen molar-refractivity contribution in [2.75, 3.05) is 0 Å². The molecule has 0 radical (unpaired) electrons. The van der Waals surface area contributed by atoms with Gasteiger partial charge in [-0.15, -0.1) is 0 Å². The summed E-state index contributed by atoms with van der Waals surface area (Å²) in [6.07, 6.45) is 1.01. The van der Waals surface area contributed by atoms with Crippen LogP contribution in [0.4, 0.5) is 0 Å². The lowest BCUT2D eigenvalue weighted by atomic mass is 10.0. The van der Waals surface area contributed by atoms with Gasteiger partial charge >= 0.3 is 0 Å². The maximum Gasteiger partial charge on any atom is 0.222 e. The van der Waals surface area contributed by atoms with Gasteiger partial charge in [0, 0.05) is 23.6 Å². The number of nitrogens with two attached hydrogens (primary N) is 1. The number of carbonyl (C=O) groups is 2. The van der Waals surface area contributed by atoms with Crippen LogP contribution < -0.4 is 11.1 Å². The minimum Gasteiger partial charge on any atom is -0.351 e. The Balaban J connectivity index is 2.61. The number of hydrogen-bond acceptors (Lipinski definition) is 3. The largest absolute Gasteiger partial charge is 0.351 e. The molecule has 0 fully saturated rings. The van der Waals surface area contributed by atoms with Gasteiger partial charge in [-0.1, -0.05) is 24.3 Å². The Kier molecular flexibility index (Phi) is 4.62. The van der Waals surface area contributed by atoms with E-state index in [2.05, 4.69) is 5.32 Å². The fourth-order valence-corrected chi connectivity index (χ4v) is 1.61. The third-order valence-corrected chi connectivity index (χ3v) is 2.42. The molecule has 4 nitrogen and oxygen atoms in total. The van der Waals surface area contributed by atoms with Gasteiger partial charge in [0.2, 0.25) is 5.91 Å². The normalized spacial score (nSPS) is 12.9. The number of benzene rings is 1. The predicted molar refractivity (Wildman–Crippen MR) is 71.3 cm³/mol. The molecule has 1 atom stereocenters. The van der Waals surface area contributed by atoms with E-state index >= 15 is 0 Å². The lowest BCUT2D eigenvalue weighted by molar-refractivity contribution is -0.122. The van der Waals surface area contributed by atoms with Gasteiger partial charge in [0.25, 0.3) is 0 Å². The number of aldehydes is 1. The molecular weight excluding hydrogens is 228 g/mol. The molecule has 0 aliphatic rings. The van der Waals surface area contributed by atoms with Crippen molar-refractivity contribution in [3.05, 3.63) is 35.4 Å². The second kappa shape index (κ2) is 5.78. The van der Waals surface area contributed by atoms with Crippen molar-refractivity contribution in [1.82, 2.24) is 5.32 Å². The first-order valence-corrected chi connectivity index (χ1v) is 5.93. The number of rotatable bonds is 4. The van der Waals surface area contributed by atoms with Crippen LogP contribution in [0.15, 0.2) is 24.3 Å². The third-order valence-electron chi connectivity index (χ3n) is 2.42. The summed E-state index contributed by atoms with van der Waals surface area (Å²) in [6, 6.07) is 6.60. The molecule has 4 heteroatoms. The molecule has 0 saturated carbocycles. The van der Waals surface area contributed by atoms with Crippen LogP contribution in [0.3, 0.4) is 0 Å². The van der Waals surface area contributed by atoms with Crippen molar-refractivity contribution in [2.24, 2.45) is 5.73 Å². The Bertz CT molecular complexity index is 418. The van der Waals surface area contributed by atoms with E-state index < -0.39 is 0 Å². The van der Waals surface area contributed by atoms with Gasteiger partial charge < -0.3 is 11.1 Å². The molecule has 0 aliphatic heterocycles. The Morgan fingerprint density at radius 3 is 2.33 bits per heavy atom. The monoisotopic (exact) mass is 248 g/mol. The highest BCUT2D eigenvalue weighted by molar-refractivity contribution is 5.78. The van der Waals surface area contributed by atoms with Crippen LogP contribution in [-0.4, -0.2) is 17.7 Å². The summed E-state index contributed by atoms with van der Waals surface area (Å²) in [6.45, 7) is 5.78. The van der Waals surface area contributed by atoms with Crippen LogP contribution in [0.25, 0.3) is 0 Å². The van der Waals surface area contributed by atoms with E-state index in [4.69, 9.17) is 5.73 Å². The third kappa shape index (κ3) is 4.67. The Hall–Kier alpha value is -1.68. The fourth-order valence-electron chi connectivity index (χ4n) is 1.61. The van der Waals surface area contributed by atoms with Crippen molar-refractivity contribution in [3.63, 3.8) is 0 Å². The summed E-state index contributed by atoms with van der Waals surface area (Å²) >= 11 is 0. The summed E-state index contributed by atoms with van der Waals surface area (Å²) in [7, 11) is 0. The highest BCUT2D eigenvalue weighted by Crippen LogP contribution is 2.15. The van der Waals surface area contributed by atoms with Crippen LogP contribution in [0.5, 0.6) is 0 Å². The summed E-state index contributed by atoms with van der Waals surface area (Å²) < 4.78 is 0. The minimum absolute atomic E-state index is 0.0746. The average Bonchev–Trinajstić information content (AvgIpc) is 2.26. The van der Waals surface area contributed by atoms with Crippen LogP contribution in [-0.2, 0) is 4.79 Å². The molecule has 98 valence electrons. The molecule has 3 N–H and O–H groups in total. The quantitative estimate of drug-likeness (QED) is 0.798. The number of hydrogen-bond donors (Lipinski definition) is 2. The molecule has 0 saturated heterocycles. The van der Waals surface area contributed by atoms with Crippen molar-refractivity contribution < 1.29 is 9.59 Å². The van der Waals surface area contributed by atoms with Gasteiger partial charge in [0.05, 0.1) is 0 Å². The minimum atomic E-state index is -0.354. The van der Waals surface area contributed by atoms with Gasteiger partial charge in [-0.05, 0) is 26.3 Å². The fraction of sp³-hybridized carbons (Fsp3) is 0.429. The van der Waals surface area contributed by atoms with E-state index in [9.17, 15) is 9.59 Å². The van der Waals surface area contributed by atoms with E-state index in [0.717, 1.165) is 11.8 Å². The van der Waals surface area contributed by atoms with Gasteiger partial charge in [-0.2, -0.15) is 0 Å². The van der Waals surface area contributed by atoms with Crippen LogP contribution in [0, 0.1) is 0 Å². The van der Waals surface area contributed by atoms with Gasteiger partial charge in [0.15, 0.2) is 0 Å². The highest BCUT2D eigenvalue weighted by atomic mass is 16.1. The maximum absolute atomic E-state index is 11.7. The molecular formula is C14H20N2O2. The lowest BCUT2D eigenvalue weighted by Crippen LogP contribution is -2.41. The van der Waals surface area contributed by atoms with Crippen LogP contribution in [0.2, 0.25) is 0 Å². The zero-order valence-corrected chi connectivity index (χ0v) is 11.1. The van der Waals surface area contributed by atoms with E-state index in [1.807, 2.05) is 20.8 Å². The first-order valence-electron chi connectivity index (χ1n) is 5.93. The van der Waals surface area contributed by atoms with Crippen molar-refractivity contribution in [3.8, 4) is 0 Å². The molecule has 0 bridgehead atoms. The zero-order valence-electron chi connectivity index (χ0n) is 11.1. The molecule has 1 rings (SSSR count). The molecule has 18 heavy (non-hydrogen) atoms. The van der Waals surface area contributed by atoms with Crippen LogP contribution in [0.1, 0.15) is 49.2 Å². The molecule has 1 aromatic carbocycles. The van der Waals surface area contributed by atoms with E-state index in [1.54, 1.807) is 24.3 Å². The Labute approximate surface area is 108 Å². The predicted octanol–water partition coefficient (Wildman–Crippen LogP) is 1.80. The Morgan fingerprint density at radius 1 is 1.33 bits per heavy atom. The van der Waals surface area contributed by atoms with Crippen molar-refractivity contribution in [2.45, 2.75) is 38.8 Å². The highest BCUT2D eigenvalue weighted by Gasteiger charge is 2.17. The van der Waals surface area contributed by atoms with E-state index in [1.165, 1.54) is 0 Å². The van der Waals surface area contributed by atoms with E-state index in [0.29, 0.717) is 5.56 Å². The van der Waals surface area contributed by atoms with Gasteiger partial charge in [0.1, 0.15) is 6.29 Å². The second-order valence-electron chi connectivity index (χ2n) is 5.39. The molecule has 1 aromatic rings. The van der Waals surface area contributed by atoms with Crippen molar-refractivity contribution >= 4 is 12.2 Å². The van der Waals surface area contributed by atoms with Gasteiger partial charge in [-0.25, -0.2) is 0 Å². The maximum atomic E-state index is 11.7. The SMILES string of the molecule is CC(C)(C)NC(=O)CC(N)c1ccc(C=O)cc1. The standard InChI is InChI=1S/C14H20N2O2/c1-14(2,3)16-13(18)8-12(15)11-6-4-10(9-17)5-7-11/h4-7,9,12H,8,15H2,1-3H3,(H,16,18).